The second-order valence-electron chi connectivity index (χ2n) is 5.46. The number of anilines is 1. The molecule has 0 spiro atoms. The van der Waals surface area contributed by atoms with Gasteiger partial charge in [0.1, 0.15) is 5.82 Å². The molecule has 1 atom stereocenters. The minimum Gasteiger partial charge on any atom is -0.371 e. The molecule has 1 saturated heterocycles. The average Bonchev–Trinajstić information content (AvgIpc) is 2.66. The Labute approximate surface area is 116 Å². The van der Waals surface area contributed by atoms with Crippen LogP contribution in [0.2, 0.25) is 0 Å². The molecular weight excluding hydrogens is 239 g/mol. The number of hydrogen-bond acceptors (Lipinski definition) is 2. The van der Waals surface area contributed by atoms with Crippen LogP contribution in [0.5, 0.6) is 0 Å². The summed E-state index contributed by atoms with van der Waals surface area (Å²) < 4.78 is 14.0. The van der Waals surface area contributed by atoms with Gasteiger partial charge in [0.15, 0.2) is 0 Å². The van der Waals surface area contributed by atoms with E-state index >= 15 is 0 Å². The monoisotopic (exact) mass is 264 g/mol. The summed E-state index contributed by atoms with van der Waals surface area (Å²) >= 11 is 0. The Hall–Kier alpha value is -1.09. The van der Waals surface area contributed by atoms with Crippen molar-refractivity contribution in [2.24, 2.45) is 5.92 Å². The lowest BCUT2D eigenvalue weighted by Gasteiger charge is -2.26. The number of rotatable bonds is 4. The quantitative estimate of drug-likeness (QED) is 0.894. The van der Waals surface area contributed by atoms with Gasteiger partial charge in [-0.1, -0.05) is 19.4 Å². The molecule has 1 fully saturated rings. The maximum Gasteiger partial charge on any atom is 0.129 e. The second kappa shape index (κ2) is 6.90. The van der Waals surface area contributed by atoms with Crippen molar-refractivity contribution in [3.63, 3.8) is 0 Å². The first-order valence-corrected chi connectivity index (χ1v) is 7.43. The van der Waals surface area contributed by atoms with Crippen LogP contribution in [0, 0.1) is 11.7 Å². The summed E-state index contributed by atoms with van der Waals surface area (Å²) in [4.78, 5) is 2.37. The number of benzene rings is 1. The maximum absolute atomic E-state index is 14.0. The summed E-state index contributed by atoms with van der Waals surface area (Å²) in [5.41, 5.74) is 1.88. The highest BCUT2D eigenvalue weighted by atomic mass is 19.1. The molecule has 0 aromatic heterocycles. The molecule has 1 aliphatic rings. The molecule has 1 N–H and O–H groups in total. The van der Waals surface area contributed by atoms with Gasteiger partial charge in [-0.2, -0.15) is 0 Å². The van der Waals surface area contributed by atoms with Crippen molar-refractivity contribution < 1.29 is 4.39 Å². The van der Waals surface area contributed by atoms with Gasteiger partial charge in [0.25, 0.3) is 0 Å². The largest absolute Gasteiger partial charge is 0.371 e. The van der Waals surface area contributed by atoms with Crippen molar-refractivity contribution in [2.75, 3.05) is 25.0 Å². The van der Waals surface area contributed by atoms with Crippen LogP contribution < -0.4 is 10.2 Å². The van der Waals surface area contributed by atoms with Gasteiger partial charge in [-0.25, -0.2) is 4.39 Å². The minimum absolute atomic E-state index is 0.0943. The molecule has 0 amide bonds. The summed E-state index contributed by atoms with van der Waals surface area (Å²) in [7, 11) is 1.87. The molecule has 1 unspecified atom stereocenters. The Morgan fingerprint density at radius 3 is 2.89 bits per heavy atom. The van der Waals surface area contributed by atoms with Gasteiger partial charge < -0.3 is 10.2 Å². The fourth-order valence-corrected chi connectivity index (χ4v) is 3.01. The molecular formula is C16H25FN2. The standard InChI is InChI=1S/C16H25FN2/c1-3-13-6-5-10-19(11-9-13)16-8-4-7-15(17)14(16)12-18-2/h4,7-8,13,18H,3,5-6,9-12H2,1-2H3. The molecule has 2 rings (SSSR count). The predicted molar refractivity (Wildman–Crippen MR) is 79.0 cm³/mol. The highest BCUT2D eigenvalue weighted by molar-refractivity contribution is 5.54. The lowest BCUT2D eigenvalue weighted by atomic mass is 9.98. The van der Waals surface area contributed by atoms with E-state index in [0.717, 1.165) is 30.3 Å². The molecule has 19 heavy (non-hydrogen) atoms. The van der Waals surface area contributed by atoms with E-state index < -0.39 is 0 Å². The number of hydrogen-bond donors (Lipinski definition) is 1. The second-order valence-corrected chi connectivity index (χ2v) is 5.46. The van der Waals surface area contributed by atoms with Gasteiger partial charge in [0.05, 0.1) is 0 Å². The van der Waals surface area contributed by atoms with Crippen LogP contribution in [0.15, 0.2) is 18.2 Å². The molecule has 3 heteroatoms. The lowest BCUT2D eigenvalue weighted by Crippen LogP contribution is -2.26. The van der Waals surface area contributed by atoms with E-state index in [4.69, 9.17) is 0 Å². The third-order valence-corrected chi connectivity index (χ3v) is 4.21. The zero-order chi connectivity index (χ0) is 13.7. The van der Waals surface area contributed by atoms with Crippen LogP contribution in [0.25, 0.3) is 0 Å². The molecule has 106 valence electrons. The van der Waals surface area contributed by atoms with E-state index in [1.54, 1.807) is 6.07 Å². The van der Waals surface area contributed by atoms with Crippen LogP contribution in [-0.2, 0) is 6.54 Å². The zero-order valence-electron chi connectivity index (χ0n) is 12.1. The fraction of sp³-hybridized carbons (Fsp3) is 0.625. The van der Waals surface area contributed by atoms with Crippen LogP contribution in [0.3, 0.4) is 0 Å². The van der Waals surface area contributed by atoms with Gasteiger partial charge in [-0.05, 0) is 44.4 Å². The Morgan fingerprint density at radius 1 is 1.32 bits per heavy atom. The molecule has 2 nitrogen and oxygen atoms in total. The average molecular weight is 264 g/mol. The molecule has 1 aliphatic heterocycles. The smallest absolute Gasteiger partial charge is 0.129 e. The molecule has 0 saturated carbocycles. The SMILES string of the molecule is CCC1CCCN(c2cccc(F)c2CNC)CC1. The van der Waals surface area contributed by atoms with Gasteiger partial charge in [0, 0.05) is 30.9 Å². The number of nitrogens with zero attached hydrogens (tertiary/aromatic N) is 1. The van der Waals surface area contributed by atoms with E-state index in [9.17, 15) is 4.39 Å². The zero-order valence-corrected chi connectivity index (χ0v) is 12.1. The third-order valence-electron chi connectivity index (χ3n) is 4.21. The Morgan fingerprint density at radius 2 is 2.16 bits per heavy atom. The highest BCUT2D eigenvalue weighted by Gasteiger charge is 2.19. The van der Waals surface area contributed by atoms with Crippen molar-refractivity contribution in [3.05, 3.63) is 29.6 Å². The summed E-state index contributed by atoms with van der Waals surface area (Å²) in [5, 5.41) is 3.07. The van der Waals surface area contributed by atoms with E-state index in [1.165, 1.54) is 25.7 Å². The van der Waals surface area contributed by atoms with Crippen LogP contribution in [0.4, 0.5) is 10.1 Å². The van der Waals surface area contributed by atoms with Gasteiger partial charge in [0.2, 0.25) is 0 Å². The van der Waals surface area contributed by atoms with Crippen LogP contribution >= 0.6 is 0 Å². The molecule has 0 aliphatic carbocycles. The molecule has 1 heterocycles. The molecule has 0 bridgehead atoms. The highest BCUT2D eigenvalue weighted by Crippen LogP contribution is 2.28. The van der Waals surface area contributed by atoms with Crippen molar-refractivity contribution in [1.29, 1.82) is 0 Å². The third kappa shape index (κ3) is 3.47. The van der Waals surface area contributed by atoms with E-state index in [0.29, 0.717) is 6.54 Å². The fourth-order valence-electron chi connectivity index (χ4n) is 3.01. The Kier molecular flexibility index (Phi) is 5.20. The van der Waals surface area contributed by atoms with Crippen molar-refractivity contribution in [3.8, 4) is 0 Å². The summed E-state index contributed by atoms with van der Waals surface area (Å²) in [6.45, 7) is 4.97. The lowest BCUT2D eigenvalue weighted by molar-refractivity contribution is 0.459. The van der Waals surface area contributed by atoms with E-state index in [2.05, 4.69) is 23.2 Å². The van der Waals surface area contributed by atoms with Crippen LogP contribution in [-0.4, -0.2) is 20.1 Å². The first-order valence-electron chi connectivity index (χ1n) is 7.43. The van der Waals surface area contributed by atoms with E-state index in [-0.39, 0.29) is 5.82 Å². The van der Waals surface area contributed by atoms with Crippen molar-refractivity contribution in [2.45, 2.75) is 39.2 Å². The van der Waals surface area contributed by atoms with Gasteiger partial charge in [-0.15, -0.1) is 0 Å². The van der Waals surface area contributed by atoms with Gasteiger partial charge in [-0.3, -0.25) is 0 Å². The summed E-state index contributed by atoms with van der Waals surface area (Å²) in [6, 6.07) is 5.44. The maximum atomic E-state index is 14.0. The first-order chi connectivity index (χ1) is 9.26. The van der Waals surface area contributed by atoms with Crippen LogP contribution in [0.1, 0.15) is 38.2 Å². The predicted octanol–water partition coefficient (Wildman–Crippen LogP) is 3.56. The number of halogens is 1. The molecule has 1 aromatic carbocycles. The first kappa shape index (κ1) is 14.3. The molecule has 1 aromatic rings. The normalized spacial score (nSPS) is 20.4. The topological polar surface area (TPSA) is 15.3 Å². The van der Waals surface area contributed by atoms with E-state index in [1.807, 2.05) is 13.1 Å². The Bertz CT molecular complexity index is 406. The molecule has 0 radical (unpaired) electrons. The van der Waals surface area contributed by atoms with Crippen molar-refractivity contribution >= 4 is 5.69 Å². The summed E-state index contributed by atoms with van der Waals surface area (Å²) in [5.74, 6) is 0.745. The minimum atomic E-state index is -0.0943. The van der Waals surface area contributed by atoms with Gasteiger partial charge >= 0.3 is 0 Å². The Balaban J connectivity index is 2.18. The number of nitrogens with one attached hydrogen (secondary N) is 1. The van der Waals surface area contributed by atoms with Crippen molar-refractivity contribution in [1.82, 2.24) is 5.32 Å². The summed E-state index contributed by atoms with van der Waals surface area (Å²) in [6.07, 6.45) is 5.02.